The molecule has 0 saturated carbocycles. The van der Waals surface area contributed by atoms with Gasteiger partial charge in [-0.1, -0.05) is 0 Å². The van der Waals surface area contributed by atoms with E-state index in [9.17, 15) is 9.59 Å². The molecule has 3 rings (SSSR count). The van der Waals surface area contributed by atoms with Crippen molar-refractivity contribution in [2.75, 3.05) is 28.4 Å². The van der Waals surface area contributed by atoms with E-state index in [-0.39, 0.29) is 18.4 Å². The van der Waals surface area contributed by atoms with E-state index in [1.54, 1.807) is 14.2 Å². The quantitative estimate of drug-likeness (QED) is 0.690. The van der Waals surface area contributed by atoms with Gasteiger partial charge < -0.3 is 23.5 Å². The van der Waals surface area contributed by atoms with Gasteiger partial charge in [-0.25, -0.2) is 4.79 Å². The summed E-state index contributed by atoms with van der Waals surface area (Å²) in [6, 6.07) is 3.97. The van der Waals surface area contributed by atoms with Crippen LogP contribution in [0, 0.1) is 6.92 Å². The van der Waals surface area contributed by atoms with Gasteiger partial charge in [0.05, 0.1) is 46.1 Å². The molecule has 7 heteroatoms. The van der Waals surface area contributed by atoms with Crippen LogP contribution in [-0.4, -0.2) is 44.9 Å². The highest BCUT2D eigenvalue weighted by Gasteiger charge is 2.34. The second kappa shape index (κ2) is 8.19. The summed E-state index contributed by atoms with van der Waals surface area (Å²) in [5, 5.41) is 0. The second-order valence-corrected chi connectivity index (χ2v) is 7.15. The van der Waals surface area contributed by atoms with Crippen molar-refractivity contribution in [3.63, 3.8) is 0 Å². The first-order valence-electron chi connectivity index (χ1n) is 9.51. The Labute approximate surface area is 170 Å². The molecule has 1 atom stereocenters. The maximum Gasteiger partial charge on any atom is 0.340 e. The zero-order chi connectivity index (χ0) is 21.3. The molecule has 1 aromatic carbocycles. The van der Waals surface area contributed by atoms with Crippen molar-refractivity contribution in [3.8, 4) is 22.8 Å². The molecule has 0 amide bonds. The van der Waals surface area contributed by atoms with Gasteiger partial charge in [0.15, 0.2) is 11.5 Å². The minimum atomic E-state index is -0.398. The van der Waals surface area contributed by atoms with E-state index in [4.69, 9.17) is 18.9 Å². The summed E-state index contributed by atoms with van der Waals surface area (Å²) in [4.78, 5) is 24.5. The topological polar surface area (TPSA) is 76.0 Å². The molecule has 0 aliphatic carbocycles. The lowest BCUT2D eigenvalue weighted by Gasteiger charge is -2.29. The molecule has 0 N–H and O–H groups in total. The van der Waals surface area contributed by atoms with Gasteiger partial charge in [-0.05, 0) is 49.9 Å². The van der Waals surface area contributed by atoms with Crippen molar-refractivity contribution < 1.29 is 28.5 Å². The van der Waals surface area contributed by atoms with Crippen molar-refractivity contribution in [2.24, 2.45) is 0 Å². The molecule has 0 fully saturated rings. The first-order valence-corrected chi connectivity index (χ1v) is 9.51. The molecule has 156 valence electrons. The molecule has 0 radical (unpaired) electrons. The molecule has 0 bridgehead atoms. The fraction of sp³-hybridized carbons (Fsp3) is 0.455. The average molecular weight is 401 g/mol. The van der Waals surface area contributed by atoms with E-state index in [1.807, 2.05) is 19.1 Å². The summed E-state index contributed by atoms with van der Waals surface area (Å²) in [7, 11) is 5.94. The molecular formula is C22H27NO6. The monoisotopic (exact) mass is 401 g/mol. The molecular weight excluding hydrogens is 374 g/mol. The number of hydrogen-bond acceptors (Lipinski definition) is 6. The van der Waals surface area contributed by atoms with Gasteiger partial charge in [0.25, 0.3) is 0 Å². The second-order valence-electron chi connectivity index (χ2n) is 7.15. The van der Waals surface area contributed by atoms with Crippen LogP contribution < -0.4 is 9.47 Å². The van der Waals surface area contributed by atoms with Crippen molar-refractivity contribution in [1.82, 2.24) is 4.57 Å². The first kappa shape index (κ1) is 20.8. The molecule has 1 aliphatic rings. The fourth-order valence-corrected chi connectivity index (χ4v) is 4.21. The highest BCUT2D eigenvalue weighted by Crippen LogP contribution is 2.45. The highest BCUT2D eigenvalue weighted by molar-refractivity contribution is 6.00. The predicted octanol–water partition coefficient (Wildman–Crippen LogP) is 3.49. The Kier molecular flexibility index (Phi) is 5.86. The Morgan fingerprint density at radius 2 is 1.72 bits per heavy atom. The number of fused-ring (bicyclic) bond motifs is 3. The molecule has 0 spiro atoms. The van der Waals surface area contributed by atoms with E-state index in [1.165, 1.54) is 14.2 Å². The van der Waals surface area contributed by atoms with Gasteiger partial charge in [-0.3, -0.25) is 4.79 Å². The number of ether oxygens (including phenoxy) is 4. The number of methoxy groups -OCH3 is 4. The van der Waals surface area contributed by atoms with Crippen LogP contribution in [0.4, 0.5) is 0 Å². The summed E-state index contributed by atoms with van der Waals surface area (Å²) < 4.78 is 23.0. The maximum absolute atomic E-state index is 12.7. The summed E-state index contributed by atoms with van der Waals surface area (Å²) in [6.45, 7) is 4.00. The number of esters is 2. The highest BCUT2D eigenvalue weighted by atomic mass is 16.5. The Balaban J connectivity index is 2.27. The standard InChI is InChI=1S/C22H27NO6/c1-12-9-14-10-17(26-3)18(27-4)11-15(14)21-20(22(25)29-6)13(2)16(23(12)21)7-8-19(24)28-5/h10-12H,7-9H2,1-6H3. The van der Waals surface area contributed by atoms with Crippen molar-refractivity contribution in [1.29, 1.82) is 0 Å². The Morgan fingerprint density at radius 3 is 2.31 bits per heavy atom. The van der Waals surface area contributed by atoms with E-state index >= 15 is 0 Å². The number of carbonyl (C=O) groups excluding carboxylic acids is 2. The number of carbonyl (C=O) groups is 2. The molecule has 1 aliphatic heterocycles. The summed E-state index contributed by atoms with van der Waals surface area (Å²) in [5.74, 6) is 0.569. The third-order valence-corrected chi connectivity index (χ3v) is 5.58. The zero-order valence-electron chi connectivity index (χ0n) is 17.8. The number of hydrogen-bond donors (Lipinski definition) is 0. The van der Waals surface area contributed by atoms with Gasteiger partial charge in [0.2, 0.25) is 0 Å². The van der Waals surface area contributed by atoms with E-state index in [2.05, 4.69) is 11.5 Å². The molecule has 7 nitrogen and oxygen atoms in total. The lowest BCUT2D eigenvalue weighted by Crippen LogP contribution is -2.20. The van der Waals surface area contributed by atoms with Crippen LogP contribution in [0.1, 0.15) is 46.6 Å². The van der Waals surface area contributed by atoms with Crippen LogP contribution in [0.25, 0.3) is 11.3 Å². The van der Waals surface area contributed by atoms with Crippen molar-refractivity contribution in [2.45, 2.75) is 39.2 Å². The third-order valence-electron chi connectivity index (χ3n) is 5.58. The smallest absolute Gasteiger partial charge is 0.340 e. The van der Waals surface area contributed by atoms with E-state index in [0.717, 1.165) is 34.5 Å². The zero-order valence-corrected chi connectivity index (χ0v) is 17.8. The lowest BCUT2D eigenvalue weighted by molar-refractivity contribution is -0.140. The molecule has 1 unspecified atom stereocenters. The average Bonchev–Trinajstić information content (AvgIpc) is 3.03. The van der Waals surface area contributed by atoms with E-state index in [0.29, 0.717) is 23.5 Å². The number of rotatable bonds is 6. The Bertz CT molecular complexity index is 959. The van der Waals surface area contributed by atoms with Crippen LogP contribution >= 0.6 is 0 Å². The van der Waals surface area contributed by atoms with Gasteiger partial charge in [-0.2, -0.15) is 0 Å². The molecule has 2 aromatic rings. The van der Waals surface area contributed by atoms with Crippen molar-refractivity contribution >= 4 is 11.9 Å². The third kappa shape index (κ3) is 3.45. The van der Waals surface area contributed by atoms with Crippen LogP contribution in [-0.2, 0) is 27.1 Å². The van der Waals surface area contributed by atoms with Gasteiger partial charge in [-0.15, -0.1) is 0 Å². The van der Waals surface area contributed by atoms with Crippen LogP contribution in [0.3, 0.4) is 0 Å². The molecule has 1 aromatic heterocycles. The molecule has 29 heavy (non-hydrogen) atoms. The van der Waals surface area contributed by atoms with E-state index < -0.39 is 5.97 Å². The molecule has 0 saturated heterocycles. The Morgan fingerprint density at radius 1 is 1.07 bits per heavy atom. The SMILES string of the molecule is COC(=O)CCc1c(C)c(C(=O)OC)c2n1C(C)Cc1cc(OC)c(OC)cc1-2. The first-order chi connectivity index (χ1) is 13.9. The summed E-state index contributed by atoms with van der Waals surface area (Å²) >= 11 is 0. The summed E-state index contributed by atoms with van der Waals surface area (Å²) in [5.41, 5.74) is 5.07. The van der Waals surface area contributed by atoms with Gasteiger partial charge in [0, 0.05) is 17.3 Å². The maximum atomic E-state index is 12.7. The van der Waals surface area contributed by atoms with Crippen molar-refractivity contribution in [3.05, 3.63) is 34.5 Å². The minimum Gasteiger partial charge on any atom is -0.493 e. The number of benzene rings is 1. The van der Waals surface area contributed by atoms with Crippen LogP contribution in [0.5, 0.6) is 11.5 Å². The minimum absolute atomic E-state index is 0.0976. The van der Waals surface area contributed by atoms with Gasteiger partial charge in [0.1, 0.15) is 0 Å². The normalized spacial score (nSPS) is 14.6. The van der Waals surface area contributed by atoms with Crippen LogP contribution in [0.15, 0.2) is 12.1 Å². The summed E-state index contributed by atoms with van der Waals surface area (Å²) in [6.07, 6.45) is 1.49. The van der Waals surface area contributed by atoms with Crippen LogP contribution in [0.2, 0.25) is 0 Å². The fourth-order valence-electron chi connectivity index (χ4n) is 4.21. The largest absolute Gasteiger partial charge is 0.493 e. The Hall–Kier alpha value is -2.96. The lowest BCUT2D eigenvalue weighted by atomic mass is 9.92. The molecule has 2 heterocycles. The van der Waals surface area contributed by atoms with Gasteiger partial charge >= 0.3 is 11.9 Å². The predicted molar refractivity (Wildman–Crippen MR) is 108 cm³/mol. The number of nitrogens with zero attached hydrogens (tertiary/aromatic N) is 1. The number of aromatic nitrogens is 1.